The normalized spacial score (nSPS) is 24.7. The molecule has 1 fully saturated rings. The Labute approximate surface area is 112 Å². The highest BCUT2D eigenvalue weighted by molar-refractivity contribution is 7.12. The van der Waals surface area contributed by atoms with Gasteiger partial charge in [0.1, 0.15) is 0 Å². The van der Waals surface area contributed by atoms with Gasteiger partial charge in [-0.3, -0.25) is 9.69 Å². The largest absolute Gasteiger partial charge is 0.353 e. The van der Waals surface area contributed by atoms with Gasteiger partial charge < -0.3 is 11.1 Å². The van der Waals surface area contributed by atoms with E-state index in [1.807, 2.05) is 13.8 Å². The molecule has 3 unspecified atom stereocenters. The van der Waals surface area contributed by atoms with Crippen molar-refractivity contribution in [3.63, 3.8) is 0 Å². The molecule has 0 aromatic carbocycles. The van der Waals surface area contributed by atoms with Crippen molar-refractivity contribution in [1.29, 1.82) is 0 Å². The summed E-state index contributed by atoms with van der Waals surface area (Å²) in [6.45, 7) is 7.62. The second-order valence-electron chi connectivity index (χ2n) is 4.96. The highest BCUT2D eigenvalue weighted by Crippen LogP contribution is 2.31. The predicted octanol–water partition coefficient (Wildman–Crippen LogP) is 1.27. The minimum atomic E-state index is -0.114. The SMILES string of the molecule is Cc1ccc(C(C(C)N)N2CCNC(=O)C2C)s1. The highest BCUT2D eigenvalue weighted by Gasteiger charge is 2.34. The number of aryl methyl sites for hydroxylation is 1. The maximum Gasteiger partial charge on any atom is 0.237 e. The van der Waals surface area contributed by atoms with Crippen LogP contribution in [0.5, 0.6) is 0 Å². The molecular weight excluding hydrogens is 246 g/mol. The molecule has 2 rings (SSSR count). The van der Waals surface area contributed by atoms with Crippen LogP contribution in [-0.4, -0.2) is 36.0 Å². The fourth-order valence-electron chi connectivity index (χ4n) is 2.52. The van der Waals surface area contributed by atoms with E-state index in [-0.39, 0.29) is 24.0 Å². The molecule has 0 saturated carbocycles. The van der Waals surface area contributed by atoms with E-state index < -0.39 is 0 Å². The fourth-order valence-corrected chi connectivity index (χ4v) is 3.63. The van der Waals surface area contributed by atoms with Gasteiger partial charge in [0.05, 0.1) is 12.1 Å². The third kappa shape index (κ3) is 2.58. The van der Waals surface area contributed by atoms with Crippen LogP contribution < -0.4 is 11.1 Å². The van der Waals surface area contributed by atoms with Gasteiger partial charge >= 0.3 is 0 Å². The average Bonchev–Trinajstić information content (AvgIpc) is 2.71. The lowest BCUT2D eigenvalue weighted by atomic mass is 10.0. The summed E-state index contributed by atoms with van der Waals surface area (Å²) in [4.78, 5) is 16.5. The molecule has 3 N–H and O–H groups in total. The minimum Gasteiger partial charge on any atom is -0.353 e. The molecule has 1 aromatic rings. The molecule has 0 spiro atoms. The zero-order valence-electron chi connectivity index (χ0n) is 11.1. The number of piperazine rings is 1. The van der Waals surface area contributed by atoms with Gasteiger partial charge in [-0.2, -0.15) is 0 Å². The third-order valence-electron chi connectivity index (χ3n) is 3.45. The van der Waals surface area contributed by atoms with Gasteiger partial charge in [-0.25, -0.2) is 0 Å². The van der Waals surface area contributed by atoms with Crippen LogP contribution in [0, 0.1) is 6.92 Å². The topological polar surface area (TPSA) is 58.4 Å². The smallest absolute Gasteiger partial charge is 0.237 e. The van der Waals surface area contributed by atoms with Crippen molar-refractivity contribution < 1.29 is 4.79 Å². The monoisotopic (exact) mass is 267 g/mol. The number of carbonyl (C=O) groups excluding carboxylic acids is 1. The zero-order valence-corrected chi connectivity index (χ0v) is 12.0. The van der Waals surface area contributed by atoms with Crippen LogP contribution >= 0.6 is 11.3 Å². The van der Waals surface area contributed by atoms with Crippen molar-refractivity contribution >= 4 is 17.2 Å². The van der Waals surface area contributed by atoms with E-state index in [0.717, 1.165) is 6.54 Å². The quantitative estimate of drug-likeness (QED) is 0.867. The van der Waals surface area contributed by atoms with Gasteiger partial charge in [-0.05, 0) is 32.9 Å². The number of amides is 1. The van der Waals surface area contributed by atoms with Gasteiger partial charge in [0.2, 0.25) is 5.91 Å². The standard InChI is InChI=1S/C13H21N3OS/c1-8-4-5-11(18-8)12(9(2)14)16-7-6-15-13(17)10(16)3/h4-5,9-10,12H,6-7,14H2,1-3H3,(H,15,17). The molecule has 1 amide bonds. The Morgan fingerprint density at radius 2 is 2.28 bits per heavy atom. The number of nitrogens with one attached hydrogen (secondary N) is 1. The fraction of sp³-hybridized carbons (Fsp3) is 0.615. The van der Waals surface area contributed by atoms with Crippen LogP contribution in [0.3, 0.4) is 0 Å². The molecule has 18 heavy (non-hydrogen) atoms. The molecule has 1 aromatic heterocycles. The van der Waals surface area contributed by atoms with E-state index in [4.69, 9.17) is 5.73 Å². The van der Waals surface area contributed by atoms with E-state index in [0.29, 0.717) is 6.54 Å². The van der Waals surface area contributed by atoms with Gasteiger partial charge in [0, 0.05) is 28.9 Å². The molecule has 100 valence electrons. The van der Waals surface area contributed by atoms with Crippen molar-refractivity contribution in [2.45, 2.75) is 38.9 Å². The predicted molar refractivity (Wildman–Crippen MR) is 74.6 cm³/mol. The van der Waals surface area contributed by atoms with Crippen LogP contribution in [-0.2, 0) is 4.79 Å². The van der Waals surface area contributed by atoms with Gasteiger partial charge in [0.25, 0.3) is 0 Å². The number of hydrogen-bond donors (Lipinski definition) is 2. The first-order valence-corrected chi connectivity index (χ1v) is 7.17. The summed E-state index contributed by atoms with van der Waals surface area (Å²) < 4.78 is 0. The first kappa shape index (κ1) is 13.5. The molecule has 0 radical (unpaired) electrons. The molecule has 4 nitrogen and oxygen atoms in total. The summed E-state index contributed by atoms with van der Waals surface area (Å²) in [6.07, 6.45) is 0. The number of thiophene rings is 1. The first-order chi connectivity index (χ1) is 8.50. The molecule has 1 aliphatic rings. The number of hydrogen-bond acceptors (Lipinski definition) is 4. The van der Waals surface area contributed by atoms with Crippen molar-refractivity contribution in [1.82, 2.24) is 10.2 Å². The molecule has 0 bridgehead atoms. The summed E-state index contributed by atoms with van der Waals surface area (Å²) in [7, 11) is 0. The Morgan fingerprint density at radius 3 is 2.83 bits per heavy atom. The maximum atomic E-state index is 11.8. The van der Waals surface area contributed by atoms with Crippen LogP contribution in [0.15, 0.2) is 12.1 Å². The molecule has 0 aliphatic carbocycles. The van der Waals surface area contributed by atoms with Crippen molar-refractivity contribution in [2.24, 2.45) is 5.73 Å². The van der Waals surface area contributed by atoms with E-state index in [9.17, 15) is 4.79 Å². The lowest BCUT2D eigenvalue weighted by Gasteiger charge is -2.40. The molecule has 1 saturated heterocycles. The Bertz CT molecular complexity index is 430. The average molecular weight is 267 g/mol. The Kier molecular flexibility index (Phi) is 4.04. The molecule has 5 heteroatoms. The van der Waals surface area contributed by atoms with Crippen LogP contribution in [0.1, 0.15) is 29.6 Å². The Balaban J connectivity index is 2.27. The minimum absolute atomic E-state index is 0.0106. The van der Waals surface area contributed by atoms with Crippen molar-refractivity contribution in [3.05, 3.63) is 21.9 Å². The summed E-state index contributed by atoms with van der Waals surface area (Å²) >= 11 is 1.77. The molecule has 2 heterocycles. The summed E-state index contributed by atoms with van der Waals surface area (Å²) in [5, 5.41) is 2.89. The summed E-state index contributed by atoms with van der Waals surface area (Å²) in [5.74, 6) is 0.0974. The van der Waals surface area contributed by atoms with Crippen LogP contribution in [0.2, 0.25) is 0 Å². The Hall–Kier alpha value is -0.910. The number of nitrogens with zero attached hydrogens (tertiary/aromatic N) is 1. The summed E-state index contributed by atoms with van der Waals surface area (Å²) in [6, 6.07) is 4.27. The van der Waals surface area contributed by atoms with E-state index in [1.54, 1.807) is 11.3 Å². The van der Waals surface area contributed by atoms with Crippen LogP contribution in [0.25, 0.3) is 0 Å². The second-order valence-corrected chi connectivity index (χ2v) is 6.28. The maximum absolute atomic E-state index is 11.8. The Morgan fingerprint density at radius 1 is 1.56 bits per heavy atom. The highest BCUT2D eigenvalue weighted by atomic mass is 32.1. The van der Waals surface area contributed by atoms with E-state index >= 15 is 0 Å². The lowest BCUT2D eigenvalue weighted by Crippen LogP contribution is -2.57. The van der Waals surface area contributed by atoms with E-state index in [1.165, 1.54) is 9.75 Å². The lowest BCUT2D eigenvalue weighted by molar-refractivity contribution is -0.129. The van der Waals surface area contributed by atoms with Gasteiger partial charge in [0.15, 0.2) is 0 Å². The molecule has 3 atom stereocenters. The molecule has 1 aliphatic heterocycles. The van der Waals surface area contributed by atoms with Gasteiger partial charge in [-0.15, -0.1) is 11.3 Å². The zero-order chi connectivity index (χ0) is 13.3. The summed E-state index contributed by atoms with van der Waals surface area (Å²) in [5.41, 5.74) is 6.15. The third-order valence-corrected chi connectivity index (χ3v) is 4.53. The van der Waals surface area contributed by atoms with E-state index in [2.05, 4.69) is 29.3 Å². The van der Waals surface area contributed by atoms with Crippen LogP contribution in [0.4, 0.5) is 0 Å². The number of carbonyl (C=O) groups is 1. The van der Waals surface area contributed by atoms with Crippen molar-refractivity contribution in [3.8, 4) is 0 Å². The van der Waals surface area contributed by atoms with Crippen molar-refractivity contribution in [2.75, 3.05) is 13.1 Å². The second kappa shape index (κ2) is 5.38. The number of rotatable bonds is 3. The van der Waals surface area contributed by atoms with Gasteiger partial charge in [-0.1, -0.05) is 0 Å². The molecular formula is C13H21N3OS. The number of nitrogens with two attached hydrogens (primary N) is 1. The first-order valence-electron chi connectivity index (χ1n) is 6.36.